The van der Waals surface area contributed by atoms with E-state index < -0.39 is 5.91 Å². The summed E-state index contributed by atoms with van der Waals surface area (Å²) >= 11 is 0. The molecule has 0 aliphatic carbocycles. The van der Waals surface area contributed by atoms with Gasteiger partial charge in [0.1, 0.15) is 5.75 Å². The van der Waals surface area contributed by atoms with Gasteiger partial charge in [-0.15, -0.1) is 0 Å². The summed E-state index contributed by atoms with van der Waals surface area (Å²) in [5, 5.41) is 0. The lowest BCUT2D eigenvalue weighted by Gasteiger charge is -2.17. The van der Waals surface area contributed by atoms with Gasteiger partial charge in [-0.2, -0.15) is 0 Å². The van der Waals surface area contributed by atoms with Crippen LogP contribution in [-0.2, 0) is 4.79 Å². The minimum atomic E-state index is -0.574. The average Bonchev–Trinajstić information content (AvgIpc) is 2.27. The number of methoxy groups -OCH3 is 1. The smallest absolute Gasteiger partial charge is 0.257 e. The van der Waals surface area contributed by atoms with E-state index in [1.807, 2.05) is 0 Å². The van der Waals surface area contributed by atoms with Crippen LogP contribution in [0.4, 0.5) is 5.69 Å². The molecule has 0 heterocycles. The molecule has 6 heteroatoms. The summed E-state index contributed by atoms with van der Waals surface area (Å²) in [6.45, 7) is -0.146. The number of rotatable bonds is 4. The van der Waals surface area contributed by atoms with E-state index in [1.165, 1.54) is 19.1 Å². The number of amides is 2. The molecule has 0 atom stereocenters. The zero-order valence-corrected chi connectivity index (χ0v) is 9.77. The number of carbonyl (C=O) groups is 2. The predicted molar refractivity (Wildman–Crippen MR) is 63.6 cm³/mol. The van der Waals surface area contributed by atoms with Gasteiger partial charge in [-0.3, -0.25) is 9.59 Å². The standard InChI is InChI=1S/C11H15N3O3/c1-14(6-10(13)15)11(16)8-4-3-7(12)5-9(8)17-2/h3-5H,6,12H2,1-2H3,(H2,13,15). The van der Waals surface area contributed by atoms with Crippen molar-refractivity contribution in [2.24, 2.45) is 5.73 Å². The first-order valence-electron chi connectivity index (χ1n) is 4.93. The minimum absolute atomic E-state index is 0.146. The lowest BCUT2D eigenvalue weighted by molar-refractivity contribution is -0.118. The van der Waals surface area contributed by atoms with Crippen LogP contribution in [0.3, 0.4) is 0 Å². The van der Waals surface area contributed by atoms with Crippen LogP contribution in [0, 0.1) is 0 Å². The number of nitrogens with two attached hydrogens (primary N) is 2. The molecule has 0 bridgehead atoms. The number of hydrogen-bond donors (Lipinski definition) is 2. The van der Waals surface area contributed by atoms with Gasteiger partial charge in [0.05, 0.1) is 19.2 Å². The van der Waals surface area contributed by atoms with Gasteiger partial charge in [0.25, 0.3) is 5.91 Å². The number of benzene rings is 1. The van der Waals surface area contributed by atoms with Crippen LogP contribution in [0.15, 0.2) is 18.2 Å². The molecular formula is C11H15N3O3. The van der Waals surface area contributed by atoms with Gasteiger partial charge in [0.15, 0.2) is 0 Å². The Bertz CT molecular complexity index is 446. The highest BCUT2D eigenvalue weighted by Crippen LogP contribution is 2.22. The van der Waals surface area contributed by atoms with E-state index in [4.69, 9.17) is 16.2 Å². The van der Waals surface area contributed by atoms with Crippen molar-refractivity contribution in [2.45, 2.75) is 0 Å². The first-order valence-corrected chi connectivity index (χ1v) is 4.93. The molecule has 0 aliphatic heterocycles. The Hall–Kier alpha value is -2.24. The first-order chi connectivity index (χ1) is 7.95. The summed E-state index contributed by atoms with van der Waals surface area (Å²) in [5.41, 5.74) is 11.4. The lowest BCUT2D eigenvalue weighted by atomic mass is 10.1. The third-order valence-corrected chi connectivity index (χ3v) is 2.20. The number of anilines is 1. The molecule has 4 N–H and O–H groups in total. The van der Waals surface area contributed by atoms with E-state index in [1.54, 1.807) is 18.2 Å². The highest BCUT2D eigenvalue weighted by molar-refractivity contribution is 5.98. The maximum Gasteiger partial charge on any atom is 0.257 e. The van der Waals surface area contributed by atoms with Gasteiger partial charge in [-0.1, -0.05) is 0 Å². The molecule has 0 radical (unpaired) electrons. The number of likely N-dealkylation sites (N-methyl/N-ethyl adjacent to an activating group) is 1. The van der Waals surface area contributed by atoms with Gasteiger partial charge in [-0.25, -0.2) is 0 Å². The van der Waals surface area contributed by atoms with Crippen molar-refractivity contribution in [3.63, 3.8) is 0 Å². The molecule has 6 nitrogen and oxygen atoms in total. The fourth-order valence-electron chi connectivity index (χ4n) is 1.40. The van der Waals surface area contributed by atoms with Gasteiger partial charge in [0.2, 0.25) is 5.91 Å². The highest BCUT2D eigenvalue weighted by Gasteiger charge is 2.17. The second-order valence-corrected chi connectivity index (χ2v) is 3.59. The SMILES string of the molecule is COc1cc(N)ccc1C(=O)N(C)CC(N)=O. The Kier molecular flexibility index (Phi) is 3.92. The third kappa shape index (κ3) is 3.10. The summed E-state index contributed by atoms with van der Waals surface area (Å²) in [4.78, 5) is 23.9. The molecule has 1 aromatic rings. The number of primary amides is 1. The summed E-state index contributed by atoms with van der Waals surface area (Å²) < 4.78 is 5.06. The second-order valence-electron chi connectivity index (χ2n) is 3.59. The van der Waals surface area contributed by atoms with Gasteiger partial charge >= 0.3 is 0 Å². The Balaban J connectivity index is 2.99. The zero-order chi connectivity index (χ0) is 13.0. The predicted octanol–water partition coefficient (Wildman–Crippen LogP) is -0.165. The molecule has 0 fully saturated rings. The molecule has 0 spiro atoms. The maximum absolute atomic E-state index is 12.0. The molecule has 0 saturated heterocycles. The summed E-state index contributed by atoms with van der Waals surface area (Å²) in [6.07, 6.45) is 0. The van der Waals surface area contributed by atoms with Crippen molar-refractivity contribution in [1.29, 1.82) is 0 Å². The quantitative estimate of drug-likeness (QED) is 0.710. The van der Waals surface area contributed by atoms with E-state index in [0.717, 1.165) is 0 Å². The van der Waals surface area contributed by atoms with Crippen LogP contribution in [0.25, 0.3) is 0 Å². The number of hydrogen-bond acceptors (Lipinski definition) is 4. The lowest BCUT2D eigenvalue weighted by Crippen LogP contribution is -2.35. The average molecular weight is 237 g/mol. The van der Waals surface area contributed by atoms with Gasteiger partial charge < -0.3 is 21.1 Å². The molecule has 0 aromatic heterocycles. The summed E-state index contributed by atoms with van der Waals surface area (Å²) in [7, 11) is 2.93. The molecule has 1 aromatic carbocycles. The molecule has 0 unspecified atom stereocenters. The number of ether oxygens (including phenoxy) is 1. The van der Waals surface area contributed by atoms with Crippen molar-refractivity contribution >= 4 is 17.5 Å². The number of nitrogen functional groups attached to an aromatic ring is 1. The second kappa shape index (κ2) is 5.20. The molecule has 0 aliphatic rings. The van der Waals surface area contributed by atoms with Crippen LogP contribution >= 0.6 is 0 Å². The van der Waals surface area contributed by atoms with Crippen molar-refractivity contribution in [3.8, 4) is 5.75 Å². The van der Waals surface area contributed by atoms with Crippen LogP contribution in [-0.4, -0.2) is 37.4 Å². The van der Waals surface area contributed by atoms with Crippen LogP contribution in [0.2, 0.25) is 0 Å². The molecule has 92 valence electrons. The zero-order valence-electron chi connectivity index (χ0n) is 9.77. The third-order valence-electron chi connectivity index (χ3n) is 2.20. The Morgan fingerprint density at radius 1 is 1.41 bits per heavy atom. The fraction of sp³-hybridized carbons (Fsp3) is 0.273. The van der Waals surface area contributed by atoms with Crippen molar-refractivity contribution in [2.75, 3.05) is 26.4 Å². The monoisotopic (exact) mass is 237 g/mol. The van der Waals surface area contributed by atoms with Crippen LogP contribution in [0.5, 0.6) is 5.75 Å². The molecule has 2 amide bonds. The topological polar surface area (TPSA) is 98.7 Å². The van der Waals surface area contributed by atoms with Gasteiger partial charge in [0, 0.05) is 18.8 Å². The van der Waals surface area contributed by atoms with E-state index in [2.05, 4.69) is 0 Å². The van der Waals surface area contributed by atoms with Crippen LogP contribution in [0.1, 0.15) is 10.4 Å². The Morgan fingerprint density at radius 3 is 2.59 bits per heavy atom. The molecular weight excluding hydrogens is 222 g/mol. The van der Waals surface area contributed by atoms with Crippen LogP contribution < -0.4 is 16.2 Å². The summed E-state index contributed by atoms with van der Waals surface area (Å²) in [6, 6.07) is 4.69. The Labute approximate surface area is 99.1 Å². The fourth-order valence-corrected chi connectivity index (χ4v) is 1.40. The van der Waals surface area contributed by atoms with E-state index in [-0.39, 0.29) is 12.5 Å². The van der Waals surface area contributed by atoms with Crippen molar-refractivity contribution in [1.82, 2.24) is 4.90 Å². The maximum atomic E-state index is 12.0. The normalized spacial score (nSPS) is 9.76. The summed E-state index contributed by atoms with van der Waals surface area (Å²) in [5.74, 6) is -0.553. The number of carbonyl (C=O) groups excluding carboxylic acids is 2. The van der Waals surface area contributed by atoms with Crippen molar-refractivity contribution in [3.05, 3.63) is 23.8 Å². The minimum Gasteiger partial charge on any atom is -0.496 e. The van der Waals surface area contributed by atoms with E-state index >= 15 is 0 Å². The molecule has 0 saturated carbocycles. The first kappa shape index (κ1) is 12.8. The van der Waals surface area contributed by atoms with E-state index in [9.17, 15) is 9.59 Å². The van der Waals surface area contributed by atoms with Crippen molar-refractivity contribution < 1.29 is 14.3 Å². The largest absolute Gasteiger partial charge is 0.496 e. The van der Waals surface area contributed by atoms with Gasteiger partial charge in [-0.05, 0) is 12.1 Å². The van der Waals surface area contributed by atoms with E-state index in [0.29, 0.717) is 17.0 Å². The Morgan fingerprint density at radius 2 is 2.06 bits per heavy atom. The molecule has 1 rings (SSSR count). The number of nitrogens with zero attached hydrogens (tertiary/aromatic N) is 1. The molecule has 17 heavy (non-hydrogen) atoms. The highest BCUT2D eigenvalue weighted by atomic mass is 16.5.